The van der Waals surface area contributed by atoms with Crippen LogP contribution in [0.5, 0.6) is 11.5 Å². The summed E-state index contributed by atoms with van der Waals surface area (Å²) >= 11 is 0. The van der Waals surface area contributed by atoms with Crippen molar-refractivity contribution < 1.29 is 23.5 Å². The molecule has 37 heavy (non-hydrogen) atoms. The maximum absolute atomic E-state index is 13.4. The van der Waals surface area contributed by atoms with Gasteiger partial charge in [0.25, 0.3) is 11.8 Å². The molecule has 0 bridgehead atoms. The molecule has 4 rings (SSSR count). The van der Waals surface area contributed by atoms with Crippen LogP contribution in [0.4, 0.5) is 4.39 Å². The lowest BCUT2D eigenvalue weighted by atomic mass is 9.93. The first-order valence-corrected chi connectivity index (χ1v) is 11.8. The van der Waals surface area contributed by atoms with E-state index in [-0.39, 0.29) is 30.1 Å². The lowest BCUT2D eigenvalue weighted by Crippen LogP contribution is -2.42. The maximum Gasteiger partial charge on any atom is 0.271 e. The van der Waals surface area contributed by atoms with E-state index < -0.39 is 11.8 Å². The second-order valence-electron chi connectivity index (χ2n) is 8.41. The van der Waals surface area contributed by atoms with Gasteiger partial charge in [-0.1, -0.05) is 48.5 Å². The van der Waals surface area contributed by atoms with Crippen LogP contribution in [-0.4, -0.2) is 23.3 Å². The third-order valence-corrected chi connectivity index (χ3v) is 5.90. The molecule has 1 heterocycles. The van der Waals surface area contributed by atoms with Gasteiger partial charge in [-0.25, -0.2) is 4.39 Å². The van der Waals surface area contributed by atoms with Gasteiger partial charge in [-0.2, -0.15) is 5.26 Å². The molecule has 0 saturated heterocycles. The van der Waals surface area contributed by atoms with Gasteiger partial charge >= 0.3 is 0 Å². The minimum Gasteiger partial charge on any atom is -0.490 e. The molecule has 186 valence electrons. The van der Waals surface area contributed by atoms with Crippen LogP contribution in [0, 0.1) is 17.1 Å². The molecule has 0 saturated carbocycles. The molecule has 0 aliphatic carbocycles. The van der Waals surface area contributed by atoms with Crippen molar-refractivity contribution >= 4 is 17.9 Å². The molecule has 3 aromatic carbocycles. The second-order valence-corrected chi connectivity index (χ2v) is 8.41. The van der Waals surface area contributed by atoms with E-state index in [1.54, 1.807) is 43.3 Å². The predicted octanol–water partition coefficient (Wildman–Crippen LogP) is 5.60. The van der Waals surface area contributed by atoms with Crippen LogP contribution in [-0.2, 0) is 22.7 Å². The van der Waals surface area contributed by atoms with Gasteiger partial charge in [-0.15, -0.1) is 0 Å². The van der Waals surface area contributed by atoms with Crippen LogP contribution in [0.2, 0.25) is 0 Å². The molecule has 1 aliphatic heterocycles. The highest BCUT2D eigenvalue weighted by Gasteiger charge is 2.35. The standard InChI is InChI=1S/C30H25FN2O4/c1-3-36-28-16-23(11-14-27(28)37-19-22-9-12-24(31)13-10-22)15-25-20(2)26(17-32)30(35)33(29(25)34)18-21-7-5-4-6-8-21/h4-16H,3,18-19H2,1-2H3/b25-15+. The molecule has 6 nitrogen and oxygen atoms in total. The van der Waals surface area contributed by atoms with Gasteiger partial charge in [0.1, 0.15) is 24.1 Å². The van der Waals surface area contributed by atoms with Crippen LogP contribution >= 0.6 is 0 Å². The molecule has 0 atom stereocenters. The molecule has 0 aromatic heterocycles. The van der Waals surface area contributed by atoms with Crippen LogP contribution in [0.25, 0.3) is 6.08 Å². The van der Waals surface area contributed by atoms with E-state index in [1.165, 1.54) is 12.1 Å². The maximum atomic E-state index is 13.4. The third-order valence-electron chi connectivity index (χ3n) is 5.90. The highest BCUT2D eigenvalue weighted by Crippen LogP contribution is 2.33. The Hall–Kier alpha value is -4.70. The molecule has 2 amide bonds. The highest BCUT2D eigenvalue weighted by atomic mass is 19.1. The van der Waals surface area contributed by atoms with Crippen LogP contribution in [0.15, 0.2) is 89.5 Å². The minimum absolute atomic E-state index is 0.0638. The Bertz CT molecular complexity index is 1420. The number of imide groups is 1. The van der Waals surface area contributed by atoms with E-state index >= 15 is 0 Å². The first kappa shape index (κ1) is 25.4. The zero-order valence-electron chi connectivity index (χ0n) is 20.5. The Kier molecular flexibility index (Phi) is 7.80. The number of nitrogens with zero attached hydrogens (tertiary/aromatic N) is 2. The normalized spacial score (nSPS) is 14.6. The lowest BCUT2D eigenvalue weighted by molar-refractivity contribution is -0.141. The summed E-state index contributed by atoms with van der Waals surface area (Å²) in [5, 5.41) is 9.65. The summed E-state index contributed by atoms with van der Waals surface area (Å²) in [7, 11) is 0. The number of rotatable bonds is 8. The number of halogens is 1. The van der Waals surface area contributed by atoms with E-state index in [0.717, 1.165) is 16.0 Å². The van der Waals surface area contributed by atoms with Crippen LogP contribution < -0.4 is 9.47 Å². The van der Waals surface area contributed by atoms with Crippen molar-refractivity contribution in [3.63, 3.8) is 0 Å². The smallest absolute Gasteiger partial charge is 0.271 e. The predicted molar refractivity (Wildman–Crippen MR) is 137 cm³/mol. The van der Waals surface area contributed by atoms with Crippen LogP contribution in [0.1, 0.15) is 30.5 Å². The van der Waals surface area contributed by atoms with Crippen molar-refractivity contribution in [2.24, 2.45) is 0 Å². The topological polar surface area (TPSA) is 79.6 Å². The highest BCUT2D eigenvalue weighted by molar-refractivity contribution is 6.19. The fourth-order valence-corrected chi connectivity index (χ4v) is 3.95. The first-order chi connectivity index (χ1) is 17.9. The lowest BCUT2D eigenvalue weighted by Gasteiger charge is -2.27. The molecule has 0 spiro atoms. The van der Waals surface area contributed by atoms with Gasteiger partial charge < -0.3 is 9.47 Å². The molecular formula is C30H25FN2O4. The summed E-state index contributed by atoms with van der Waals surface area (Å²) in [6, 6.07) is 22.4. The molecule has 0 unspecified atom stereocenters. The van der Waals surface area contributed by atoms with E-state index in [1.807, 2.05) is 43.3 Å². The number of ether oxygens (including phenoxy) is 2. The van der Waals surface area contributed by atoms with E-state index in [2.05, 4.69) is 0 Å². The zero-order valence-corrected chi connectivity index (χ0v) is 20.5. The Morgan fingerprint density at radius 2 is 1.65 bits per heavy atom. The van der Waals surface area contributed by atoms with Gasteiger partial charge in [0, 0.05) is 5.57 Å². The van der Waals surface area contributed by atoms with E-state index in [0.29, 0.717) is 29.2 Å². The number of carbonyl (C=O) groups excluding carboxylic acids is 2. The number of hydrogen-bond acceptors (Lipinski definition) is 5. The molecular weight excluding hydrogens is 471 g/mol. The Morgan fingerprint density at radius 1 is 0.919 bits per heavy atom. The minimum atomic E-state index is -0.606. The average molecular weight is 497 g/mol. The summed E-state index contributed by atoms with van der Waals surface area (Å²) < 4.78 is 24.8. The number of hydrogen-bond donors (Lipinski definition) is 0. The SMILES string of the molecule is CCOc1cc(/C=C2/C(=O)N(Cc3ccccc3)C(=O)C(C#N)=C2C)ccc1OCc1ccc(F)cc1. The number of nitriles is 1. The third kappa shape index (κ3) is 5.76. The van der Waals surface area contributed by atoms with Crippen molar-refractivity contribution in [1.82, 2.24) is 4.90 Å². The van der Waals surface area contributed by atoms with Crippen LogP contribution in [0.3, 0.4) is 0 Å². The zero-order chi connectivity index (χ0) is 26.4. The summed E-state index contributed by atoms with van der Waals surface area (Å²) in [4.78, 5) is 27.4. The number of carbonyl (C=O) groups is 2. The summed E-state index contributed by atoms with van der Waals surface area (Å²) in [6.45, 7) is 4.13. The van der Waals surface area contributed by atoms with E-state index in [9.17, 15) is 19.2 Å². The Morgan fingerprint density at radius 3 is 2.32 bits per heavy atom. The summed E-state index contributed by atoms with van der Waals surface area (Å²) in [5.74, 6) is -0.428. The van der Waals surface area contributed by atoms with Crippen molar-refractivity contribution in [1.29, 1.82) is 5.26 Å². The Labute approximate surface area is 214 Å². The molecule has 7 heteroatoms. The monoisotopic (exact) mass is 496 g/mol. The van der Waals surface area contributed by atoms with Gasteiger partial charge in [-0.05, 0) is 66.5 Å². The number of benzene rings is 3. The van der Waals surface area contributed by atoms with Gasteiger partial charge in [0.2, 0.25) is 0 Å². The summed E-state index contributed by atoms with van der Waals surface area (Å²) in [5.41, 5.74) is 2.75. The first-order valence-electron chi connectivity index (χ1n) is 11.8. The van der Waals surface area contributed by atoms with E-state index in [4.69, 9.17) is 9.47 Å². The van der Waals surface area contributed by atoms with Gasteiger partial charge in [0.05, 0.1) is 13.2 Å². The van der Waals surface area contributed by atoms with Gasteiger partial charge in [-0.3, -0.25) is 14.5 Å². The molecule has 3 aromatic rings. The van der Waals surface area contributed by atoms with Crippen molar-refractivity contribution in [2.45, 2.75) is 27.0 Å². The average Bonchev–Trinajstić information content (AvgIpc) is 2.90. The fourth-order valence-electron chi connectivity index (χ4n) is 3.95. The molecule has 0 radical (unpaired) electrons. The quantitative estimate of drug-likeness (QED) is 0.300. The number of amides is 2. The van der Waals surface area contributed by atoms with Crippen molar-refractivity contribution in [3.8, 4) is 17.6 Å². The molecule has 1 aliphatic rings. The second kappa shape index (κ2) is 11.4. The summed E-state index contributed by atoms with van der Waals surface area (Å²) in [6.07, 6.45) is 1.64. The fraction of sp³-hybridized carbons (Fsp3) is 0.167. The van der Waals surface area contributed by atoms with Crippen molar-refractivity contribution in [3.05, 3.63) is 112 Å². The molecule has 0 fully saturated rings. The Balaban J connectivity index is 1.65. The largest absolute Gasteiger partial charge is 0.490 e. The van der Waals surface area contributed by atoms with Crippen molar-refractivity contribution in [2.75, 3.05) is 6.61 Å². The van der Waals surface area contributed by atoms with Gasteiger partial charge in [0.15, 0.2) is 11.5 Å². The molecule has 0 N–H and O–H groups in total.